The maximum absolute atomic E-state index is 6.92. The maximum Gasteiger partial charge on any atom is 0.526 e. The van der Waals surface area contributed by atoms with Gasteiger partial charge in [-0.05, 0) is 89.8 Å². The molecule has 96 heavy (non-hydrogen) atoms. The van der Waals surface area contributed by atoms with Crippen molar-refractivity contribution in [1.82, 2.24) is 0 Å². The Morgan fingerprint density at radius 3 is 0.625 bits per heavy atom. The van der Waals surface area contributed by atoms with Crippen LogP contribution in [0.25, 0.3) is 0 Å². The average molecular weight is 1580 g/mol. The van der Waals surface area contributed by atoms with Crippen molar-refractivity contribution < 1.29 is 92.8 Å². The molecular formula is C84H126Cl2O6P2Pd2-2. The monoisotopic (exact) mass is 1570 g/mol. The quantitative estimate of drug-likeness (QED) is 0.0610. The predicted octanol–water partition coefficient (Wildman–Crippen LogP) is 19.9. The topological polar surface area (TPSA) is 55.4 Å². The Balaban J connectivity index is 0.000000922. The fourth-order valence-corrected chi connectivity index (χ4v) is 12.8. The van der Waals surface area contributed by atoms with Gasteiger partial charge in [-0.3, -0.25) is 27.1 Å². The summed E-state index contributed by atoms with van der Waals surface area (Å²) in [6, 6.07) is 26.3. The van der Waals surface area contributed by atoms with Gasteiger partial charge in [0.25, 0.3) is 0 Å². The molecule has 2 aliphatic carbocycles. The van der Waals surface area contributed by atoms with Gasteiger partial charge in [-0.1, -0.05) is 331 Å². The molecule has 0 saturated carbocycles. The molecule has 0 amide bonds. The van der Waals surface area contributed by atoms with Gasteiger partial charge in [0.2, 0.25) is 0 Å². The number of hydrogen-bond acceptors (Lipinski definition) is 6. The van der Waals surface area contributed by atoms with Crippen LogP contribution in [-0.2, 0) is 93.2 Å². The Labute approximate surface area is 629 Å². The van der Waals surface area contributed by atoms with Gasteiger partial charge >= 0.3 is 17.2 Å². The Bertz CT molecular complexity index is 3090. The second kappa shape index (κ2) is 32.4. The van der Waals surface area contributed by atoms with Crippen LogP contribution in [0.4, 0.5) is 0 Å². The molecule has 0 radical (unpaired) electrons. The number of allylic oxidation sites excluding steroid dienone is 4. The fourth-order valence-electron chi connectivity index (χ4n) is 10.5. The predicted molar refractivity (Wildman–Crippen MR) is 400 cm³/mol. The molecule has 0 saturated heterocycles. The van der Waals surface area contributed by atoms with Crippen molar-refractivity contribution in [3.8, 4) is 23.0 Å². The number of hydrogen-bond donors (Lipinski definition) is 0. The number of rotatable bonds is 12. The molecule has 4 aromatic carbocycles. The molecule has 0 atom stereocenters. The Hall–Kier alpha value is -3.30. The zero-order chi connectivity index (χ0) is 70.5. The van der Waals surface area contributed by atoms with Gasteiger partial charge in [0.1, 0.15) is 11.5 Å². The van der Waals surface area contributed by atoms with Crippen LogP contribution in [0.1, 0.15) is 294 Å². The van der Waals surface area contributed by atoms with E-state index in [1.807, 2.05) is 0 Å². The van der Waals surface area contributed by atoms with Gasteiger partial charge in [-0.25, -0.2) is 11.5 Å². The third kappa shape index (κ3) is 25.0. The smallest absolute Gasteiger partial charge is 0.526 e. The van der Waals surface area contributed by atoms with Gasteiger partial charge in [0.05, 0.1) is 0 Å². The van der Waals surface area contributed by atoms with Crippen molar-refractivity contribution in [2.75, 3.05) is 0 Å². The molecule has 6 rings (SSSR count). The van der Waals surface area contributed by atoms with E-state index < -0.39 is 17.2 Å². The van der Waals surface area contributed by atoms with Crippen molar-refractivity contribution in [1.29, 1.82) is 0 Å². The molecule has 12 heteroatoms. The average Bonchev–Trinajstić information content (AvgIpc) is 0.801. The molecular weight excluding hydrogens is 1450 g/mol. The molecule has 0 heterocycles. The van der Waals surface area contributed by atoms with Gasteiger partial charge < -0.3 is 24.8 Å². The molecule has 0 aliphatic heterocycles. The molecule has 544 valence electrons. The normalized spacial score (nSPS) is 14.5. The van der Waals surface area contributed by atoms with E-state index in [-0.39, 0.29) is 131 Å². The summed E-state index contributed by atoms with van der Waals surface area (Å²) in [7, 11) is -4.84. The maximum atomic E-state index is 6.92. The zero-order valence-corrected chi connectivity index (χ0v) is 72.7. The van der Waals surface area contributed by atoms with Crippen molar-refractivity contribution in [2.45, 2.75) is 293 Å². The Kier molecular flexibility index (Phi) is 30.6. The minimum absolute atomic E-state index is 0. The molecule has 2 aliphatic rings. The summed E-state index contributed by atoms with van der Waals surface area (Å²) in [5.74, 6) is 6.72. The van der Waals surface area contributed by atoms with Crippen LogP contribution in [0.15, 0.2) is 131 Å². The number of benzene rings is 4. The number of halogens is 2. The second-order valence-corrected chi connectivity index (χ2v) is 40.4. The van der Waals surface area contributed by atoms with Crippen molar-refractivity contribution in [3.05, 3.63) is 188 Å². The van der Waals surface area contributed by atoms with Gasteiger partial charge in [-0.2, -0.15) is 12.2 Å². The third-order valence-electron chi connectivity index (χ3n) is 16.9. The van der Waals surface area contributed by atoms with Crippen LogP contribution < -0.4 is 42.9 Å². The van der Waals surface area contributed by atoms with Gasteiger partial charge in [0, 0.05) is 63.1 Å². The Morgan fingerprint density at radius 2 is 0.469 bits per heavy atom. The minimum Gasteiger partial charge on any atom is -1.00 e. The van der Waals surface area contributed by atoms with E-state index in [1.165, 1.54) is 33.4 Å². The summed E-state index contributed by atoms with van der Waals surface area (Å²) in [6.45, 7) is 80.4. The van der Waals surface area contributed by atoms with Crippen LogP contribution >= 0.6 is 17.2 Å². The SMILES string of the molecule is CC(C)(C)C1=C[C-](C(C)(C)C)C(O[PH+](Oc2ccc(C(C)(C)C)cc2C(C)(C)C)Oc2ccc(C(C)(C)C)cc2C(C)(C)C)=C=C1.CC(C)(C)C1=C[C-](C(C)(C)C)C(O[PH+](Oc2ccc(C(C)(C)C)cc2C(C)(C)C)Oc2ccc(C(C)(C)C)cc2C(C)(C)C)=C=C1.[Cl-].[Cl-].[Pd].[Pd]. The third-order valence-corrected chi connectivity index (χ3v) is 19.2. The molecule has 0 aromatic heterocycles. The van der Waals surface area contributed by atoms with E-state index in [1.54, 1.807) is 0 Å². The summed E-state index contributed by atoms with van der Waals surface area (Å²) in [6.07, 6.45) is 8.65. The van der Waals surface area contributed by atoms with Crippen LogP contribution in [0.2, 0.25) is 0 Å². The van der Waals surface area contributed by atoms with Gasteiger partial charge in [0.15, 0.2) is 23.0 Å². The Morgan fingerprint density at radius 1 is 0.271 bits per heavy atom. The van der Waals surface area contributed by atoms with E-state index >= 15 is 0 Å². The zero-order valence-electron chi connectivity index (χ0n) is 66.1. The van der Waals surface area contributed by atoms with E-state index in [0.717, 1.165) is 57.1 Å². The summed E-state index contributed by atoms with van der Waals surface area (Å²) in [4.78, 5) is 0. The van der Waals surface area contributed by atoms with Crippen molar-refractivity contribution in [3.63, 3.8) is 0 Å². The van der Waals surface area contributed by atoms with Crippen LogP contribution in [0.5, 0.6) is 23.0 Å². The first-order valence-electron chi connectivity index (χ1n) is 33.7. The molecule has 0 fully saturated rings. The molecule has 6 nitrogen and oxygen atoms in total. The van der Waals surface area contributed by atoms with E-state index in [4.69, 9.17) is 27.1 Å². The molecule has 0 N–H and O–H groups in total. The van der Waals surface area contributed by atoms with E-state index in [2.05, 4.69) is 358 Å². The summed E-state index contributed by atoms with van der Waals surface area (Å²) < 4.78 is 41.4. The first-order chi connectivity index (χ1) is 41.2. The first-order valence-corrected chi connectivity index (χ1v) is 36.2. The fraction of sp³-hybridized carbons (Fsp3) is 0.571. The molecule has 0 spiro atoms. The van der Waals surface area contributed by atoms with Gasteiger partial charge in [-0.15, -0.1) is 23.3 Å². The minimum atomic E-state index is -2.42. The largest absolute Gasteiger partial charge is 1.00 e. The summed E-state index contributed by atoms with van der Waals surface area (Å²) in [5, 5.41) is 0. The molecule has 0 bridgehead atoms. The summed E-state index contributed by atoms with van der Waals surface area (Å²) in [5.41, 5.74) is 18.2. The van der Waals surface area contributed by atoms with E-state index in [9.17, 15) is 0 Å². The van der Waals surface area contributed by atoms with E-state index in [0.29, 0.717) is 11.5 Å². The molecule has 4 aromatic rings. The van der Waals surface area contributed by atoms with Crippen molar-refractivity contribution in [2.24, 2.45) is 21.7 Å². The summed E-state index contributed by atoms with van der Waals surface area (Å²) >= 11 is 0. The van der Waals surface area contributed by atoms with Crippen molar-refractivity contribution >= 4 is 17.2 Å². The van der Waals surface area contributed by atoms with Crippen LogP contribution in [-0.4, -0.2) is 0 Å². The first kappa shape index (κ1) is 90.7. The van der Waals surface area contributed by atoms with Crippen LogP contribution in [0.3, 0.4) is 0 Å². The standard InChI is InChI=1S/2C42H63O3P.2ClH.2Pd/c2*1-37(2,3)28-19-22-34(31(25-28)40(10,11)12)43-46(44-35-23-20-29(38(4,5)6)26-32(35)41(13,14)15)45-36-24-21-30(39(7,8)9)27-33(36)42(16,17)18;;;;/h2*19-23,25-27,46H,1-18H3;2*1H;;/p-2. The van der Waals surface area contributed by atoms with Crippen LogP contribution in [0, 0.1) is 33.5 Å². The molecule has 0 unspecified atom stereocenters. The second-order valence-electron chi connectivity index (χ2n) is 38.2.